The average molecular weight is 244 g/mol. The number of carbonyl (C=O) groups is 1. The molecule has 1 heterocycles. The van der Waals surface area contributed by atoms with Crippen molar-refractivity contribution in [3.8, 4) is 17.0 Å². The molecule has 0 unspecified atom stereocenters. The first-order valence-electron chi connectivity index (χ1n) is 5.37. The molecule has 0 aliphatic carbocycles. The number of rotatable bonds is 4. The molecule has 5 heteroatoms. The summed E-state index contributed by atoms with van der Waals surface area (Å²) in [5.74, 6) is -0.295. The lowest BCUT2D eigenvalue weighted by Gasteiger charge is -2.09. The lowest BCUT2D eigenvalue weighted by atomic mass is 10.1. The van der Waals surface area contributed by atoms with Gasteiger partial charge in [0, 0.05) is 18.0 Å². The predicted molar refractivity (Wildman–Crippen MR) is 65.4 cm³/mol. The standard InChI is InChI=1S/C13H12N2O3/c1-18-11-5-3-2-4-9(11)13-10(8-12(16)17)14-6-7-15-13/h2-7H,8H2,1H3,(H,16,17). The molecule has 0 amide bonds. The van der Waals surface area contributed by atoms with E-state index in [0.29, 0.717) is 17.1 Å². The van der Waals surface area contributed by atoms with Gasteiger partial charge in [-0.2, -0.15) is 0 Å². The molecule has 0 atom stereocenters. The molecule has 0 bridgehead atoms. The van der Waals surface area contributed by atoms with E-state index in [1.807, 2.05) is 18.2 Å². The van der Waals surface area contributed by atoms with Crippen molar-refractivity contribution in [2.24, 2.45) is 0 Å². The molecule has 2 rings (SSSR count). The summed E-state index contributed by atoms with van der Waals surface area (Å²) < 4.78 is 5.24. The Labute approximate surface area is 104 Å². The second-order valence-corrected chi connectivity index (χ2v) is 3.62. The van der Waals surface area contributed by atoms with Crippen LogP contribution in [-0.4, -0.2) is 28.2 Å². The number of methoxy groups -OCH3 is 1. The number of carboxylic acids is 1. The topological polar surface area (TPSA) is 72.3 Å². The molecular formula is C13H12N2O3. The Morgan fingerprint density at radius 3 is 2.72 bits per heavy atom. The molecule has 92 valence electrons. The molecule has 0 spiro atoms. The zero-order valence-electron chi connectivity index (χ0n) is 9.83. The highest BCUT2D eigenvalue weighted by atomic mass is 16.5. The molecule has 0 aliphatic heterocycles. The summed E-state index contributed by atoms with van der Waals surface area (Å²) in [6.45, 7) is 0. The minimum absolute atomic E-state index is 0.165. The Bertz CT molecular complexity index is 570. The Morgan fingerprint density at radius 1 is 1.28 bits per heavy atom. The van der Waals surface area contributed by atoms with Crippen LogP contribution in [0.25, 0.3) is 11.3 Å². The molecule has 5 nitrogen and oxygen atoms in total. The predicted octanol–water partition coefficient (Wildman–Crippen LogP) is 1.78. The zero-order chi connectivity index (χ0) is 13.0. The van der Waals surface area contributed by atoms with Gasteiger partial charge >= 0.3 is 5.97 Å². The van der Waals surface area contributed by atoms with Gasteiger partial charge < -0.3 is 9.84 Å². The number of ether oxygens (including phenoxy) is 1. The third kappa shape index (κ3) is 2.45. The summed E-state index contributed by atoms with van der Waals surface area (Å²) in [5, 5.41) is 8.87. The number of aliphatic carboxylic acids is 1. The quantitative estimate of drug-likeness (QED) is 0.887. The smallest absolute Gasteiger partial charge is 0.309 e. The number of hydrogen-bond acceptors (Lipinski definition) is 4. The first-order valence-corrected chi connectivity index (χ1v) is 5.37. The van der Waals surface area contributed by atoms with Crippen molar-refractivity contribution in [3.05, 3.63) is 42.4 Å². The summed E-state index contributed by atoms with van der Waals surface area (Å²) in [7, 11) is 1.56. The summed E-state index contributed by atoms with van der Waals surface area (Å²) in [4.78, 5) is 19.1. The van der Waals surface area contributed by atoms with Crippen LogP contribution in [0.15, 0.2) is 36.7 Å². The van der Waals surface area contributed by atoms with E-state index < -0.39 is 5.97 Å². The summed E-state index contributed by atoms with van der Waals surface area (Å²) >= 11 is 0. The molecular weight excluding hydrogens is 232 g/mol. The van der Waals surface area contributed by atoms with Crippen LogP contribution in [0.5, 0.6) is 5.75 Å². The van der Waals surface area contributed by atoms with E-state index in [2.05, 4.69) is 9.97 Å². The Hall–Kier alpha value is -2.43. The van der Waals surface area contributed by atoms with E-state index in [-0.39, 0.29) is 6.42 Å². The van der Waals surface area contributed by atoms with E-state index in [9.17, 15) is 4.79 Å². The normalized spacial score (nSPS) is 10.1. The molecule has 0 saturated heterocycles. The number of benzene rings is 1. The van der Waals surface area contributed by atoms with Crippen LogP contribution >= 0.6 is 0 Å². The minimum atomic E-state index is -0.938. The van der Waals surface area contributed by atoms with Crippen molar-refractivity contribution in [1.29, 1.82) is 0 Å². The van der Waals surface area contributed by atoms with Crippen LogP contribution in [0, 0.1) is 0 Å². The van der Waals surface area contributed by atoms with E-state index in [1.54, 1.807) is 13.2 Å². The fourth-order valence-electron chi connectivity index (χ4n) is 1.70. The number of hydrogen-bond donors (Lipinski definition) is 1. The number of para-hydroxylation sites is 1. The van der Waals surface area contributed by atoms with Gasteiger partial charge in [0.1, 0.15) is 5.75 Å². The van der Waals surface area contributed by atoms with Gasteiger partial charge in [-0.25, -0.2) is 0 Å². The third-order valence-electron chi connectivity index (χ3n) is 2.45. The van der Waals surface area contributed by atoms with Crippen LogP contribution in [0.4, 0.5) is 0 Å². The minimum Gasteiger partial charge on any atom is -0.496 e. The van der Waals surface area contributed by atoms with Gasteiger partial charge in [-0.05, 0) is 12.1 Å². The fourth-order valence-corrected chi connectivity index (χ4v) is 1.70. The maximum absolute atomic E-state index is 10.8. The van der Waals surface area contributed by atoms with E-state index in [4.69, 9.17) is 9.84 Å². The SMILES string of the molecule is COc1ccccc1-c1nccnc1CC(=O)O. The first kappa shape index (κ1) is 12.0. The van der Waals surface area contributed by atoms with Crippen LogP contribution in [0.3, 0.4) is 0 Å². The lowest BCUT2D eigenvalue weighted by Crippen LogP contribution is -2.05. The first-order chi connectivity index (χ1) is 8.72. The largest absolute Gasteiger partial charge is 0.496 e. The second-order valence-electron chi connectivity index (χ2n) is 3.62. The molecule has 2 aromatic rings. The second kappa shape index (κ2) is 5.27. The van der Waals surface area contributed by atoms with Crippen molar-refractivity contribution in [1.82, 2.24) is 9.97 Å². The van der Waals surface area contributed by atoms with Gasteiger partial charge in [-0.15, -0.1) is 0 Å². The molecule has 1 N–H and O–H groups in total. The number of aromatic nitrogens is 2. The van der Waals surface area contributed by atoms with Gasteiger partial charge in [0.25, 0.3) is 0 Å². The molecule has 1 aromatic carbocycles. The fraction of sp³-hybridized carbons (Fsp3) is 0.154. The van der Waals surface area contributed by atoms with E-state index in [0.717, 1.165) is 5.56 Å². The molecule has 1 aromatic heterocycles. The summed E-state index contributed by atoms with van der Waals surface area (Å²) in [5.41, 5.74) is 1.70. The molecule has 0 radical (unpaired) electrons. The lowest BCUT2D eigenvalue weighted by molar-refractivity contribution is -0.136. The van der Waals surface area contributed by atoms with Crippen LogP contribution in [0.2, 0.25) is 0 Å². The van der Waals surface area contributed by atoms with Gasteiger partial charge in [0.05, 0.1) is 24.9 Å². The Morgan fingerprint density at radius 2 is 2.00 bits per heavy atom. The maximum atomic E-state index is 10.8. The van der Waals surface area contributed by atoms with Gasteiger partial charge in [0.15, 0.2) is 0 Å². The van der Waals surface area contributed by atoms with Crippen molar-refractivity contribution in [2.45, 2.75) is 6.42 Å². The highest BCUT2D eigenvalue weighted by molar-refractivity contribution is 5.75. The van der Waals surface area contributed by atoms with Crippen LogP contribution in [-0.2, 0) is 11.2 Å². The van der Waals surface area contributed by atoms with E-state index in [1.165, 1.54) is 12.4 Å². The molecule has 18 heavy (non-hydrogen) atoms. The molecule has 0 fully saturated rings. The molecule has 0 saturated carbocycles. The summed E-state index contributed by atoms with van der Waals surface area (Å²) in [6, 6.07) is 7.31. The van der Waals surface area contributed by atoms with Crippen molar-refractivity contribution in [2.75, 3.05) is 7.11 Å². The van der Waals surface area contributed by atoms with Gasteiger partial charge in [-0.1, -0.05) is 12.1 Å². The monoisotopic (exact) mass is 244 g/mol. The van der Waals surface area contributed by atoms with Crippen molar-refractivity contribution in [3.63, 3.8) is 0 Å². The zero-order valence-corrected chi connectivity index (χ0v) is 9.83. The third-order valence-corrected chi connectivity index (χ3v) is 2.45. The van der Waals surface area contributed by atoms with Crippen molar-refractivity contribution < 1.29 is 14.6 Å². The van der Waals surface area contributed by atoms with E-state index >= 15 is 0 Å². The van der Waals surface area contributed by atoms with Crippen LogP contribution in [0.1, 0.15) is 5.69 Å². The highest BCUT2D eigenvalue weighted by Gasteiger charge is 2.14. The van der Waals surface area contributed by atoms with Crippen LogP contribution < -0.4 is 4.74 Å². The maximum Gasteiger partial charge on any atom is 0.309 e. The highest BCUT2D eigenvalue weighted by Crippen LogP contribution is 2.29. The Balaban J connectivity index is 2.53. The Kier molecular flexibility index (Phi) is 3.52. The van der Waals surface area contributed by atoms with Gasteiger partial charge in [0.2, 0.25) is 0 Å². The number of carboxylic acid groups (broad SMARTS) is 1. The summed E-state index contributed by atoms with van der Waals surface area (Å²) in [6.07, 6.45) is 2.85. The van der Waals surface area contributed by atoms with Gasteiger partial charge in [-0.3, -0.25) is 14.8 Å². The number of nitrogens with zero attached hydrogens (tertiary/aromatic N) is 2. The molecule has 0 aliphatic rings. The van der Waals surface area contributed by atoms with Crippen molar-refractivity contribution >= 4 is 5.97 Å². The average Bonchev–Trinajstić information content (AvgIpc) is 2.39.